The van der Waals surface area contributed by atoms with E-state index in [0.29, 0.717) is 0 Å². The van der Waals surface area contributed by atoms with E-state index >= 15 is 0 Å². The summed E-state index contributed by atoms with van der Waals surface area (Å²) in [5, 5.41) is 12.7. The van der Waals surface area contributed by atoms with Gasteiger partial charge in [-0.3, -0.25) is 4.79 Å². The van der Waals surface area contributed by atoms with E-state index in [1.807, 2.05) is 182 Å². The minimum Gasteiger partial charge on any atom is -0.493 e. The van der Waals surface area contributed by atoms with Gasteiger partial charge in [-0.1, -0.05) is 200 Å². The lowest BCUT2D eigenvalue weighted by Gasteiger charge is -2.47. The van der Waals surface area contributed by atoms with Crippen LogP contribution in [0.1, 0.15) is 50.7 Å². The molecule has 13 atom stereocenters. The summed E-state index contributed by atoms with van der Waals surface area (Å²) in [5.74, 6) is -1.27. The fourth-order valence-corrected chi connectivity index (χ4v) is 10.3. The molecule has 85 heavy (non-hydrogen) atoms. The maximum Gasteiger partial charge on any atom is 0.338 e. The van der Waals surface area contributed by atoms with Gasteiger partial charge in [0.15, 0.2) is 30.9 Å². The van der Waals surface area contributed by atoms with Gasteiger partial charge in [0, 0.05) is 6.92 Å². The Bertz CT molecular complexity index is 3070. The molecule has 0 spiro atoms. The highest BCUT2D eigenvalue weighted by Gasteiger charge is 2.53. The van der Waals surface area contributed by atoms with Gasteiger partial charge in [-0.2, -0.15) is 0 Å². The molecular formula is C69H72O16. The van der Waals surface area contributed by atoms with E-state index in [4.69, 9.17) is 61.6 Å². The molecule has 7 aromatic rings. The fourth-order valence-electron chi connectivity index (χ4n) is 10.3. The number of ether oxygens (including phenoxy) is 13. The van der Waals surface area contributed by atoms with Gasteiger partial charge < -0.3 is 66.7 Å². The van der Waals surface area contributed by atoms with Crippen molar-refractivity contribution in [1.29, 1.82) is 0 Å². The molecule has 2 fully saturated rings. The molecule has 3 aliphatic heterocycles. The highest BCUT2D eigenvalue weighted by atomic mass is 16.8. The van der Waals surface area contributed by atoms with E-state index in [9.17, 15) is 14.7 Å². The molecule has 3 heterocycles. The number of esters is 2. The van der Waals surface area contributed by atoms with Gasteiger partial charge in [0.25, 0.3) is 0 Å². The van der Waals surface area contributed by atoms with Gasteiger partial charge in [0.2, 0.25) is 0 Å². The highest BCUT2D eigenvalue weighted by molar-refractivity contribution is 5.89. The zero-order valence-corrected chi connectivity index (χ0v) is 47.3. The molecule has 0 aliphatic carbocycles. The van der Waals surface area contributed by atoms with Gasteiger partial charge in [0.1, 0.15) is 48.8 Å². The standard InChI is InChI=1S/C69H72O16/c1-48(70)81-66-65(79-44-54-33-19-7-20-34-54)63(77-42-52-29-15-5-16-30-52)59(46-74-40-50-25-11-3-12-26-50)84-69(66)80-47-57-61(56(37-38-75-57)82-67(72)55-35-21-8-22-36-55)85-68-60(71)64(78-43-53-31-17-6-18-32-53)62(76-41-51-27-13-4-14-28-51)58(83-68)45-73-39-49-23-9-2-10-24-49/h2-38,56-66,68-69,71H,39-47H2,1H3/t56-,57-,58-,59-,60-,61+,62-,63-,64-,65+,66-,68-,69+/m1/s1. The summed E-state index contributed by atoms with van der Waals surface area (Å²) in [6.07, 6.45) is -11.6. The van der Waals surface area contributed by atoms with Crippen LogP contribution in [0.4, 0.5) is 0 Å². The third-order valence-electron chi connectivity index (χ3n) is 14.6. The Kier molecular flexibility index (Phi) is 22.6. The predicted molar refractivity (Wildman–Crippen MR) is 312 cm³/mol. The first-order chi connectivity index (χ1) is 41.8. The summed E-state index contributed by atoms with van der Waals surface area (Å²) >= 11 is 0. The zero-order valence-electron chi connectivity index (χ0n) is 47.3. The lowest BCUT2D eigenvalue weighted by atomic mass is 9.97. The summed E-state index contributed by atoms with van der Waals surface area (Å²) < 4.78 is 85.8. The first-order valence-electron chi connectivity index (χ1n) is 28.7. The largest absolute Gasteiger partial charge is 0.493 e. The molecule has 16 heteroatoms. The van der Waals surface area contributed by atoms with Crippen molar-refractivity contribution in [1.82, 2.24) is 0 Å². The Morgan fingerprint density at radius 1 is 0.400 bits per heavy atom. The van der Waals surface area contributed by atoms with Crippen molar-refractivity contribution in [2.24, 2.45) is 0 Å². The van der Waals surface area contributed by atoms with Gasteiger partial charge >= 0.3 is 11.9 Å². The minimum atomic E-state index is -1.50. The smallest absolute Gasteiger partial charge is 0.338 e. The molecule has 7 aromatic carbocycles. The summed E-state index contributed by atoms with van der Waals surface area (Å²) in [6, 6.07) is 66.6. The maximum absolute atomic E-state index is 14.0. The number of aliphatic hydroxyl groups excluding tert-OH is 1. The van der Waals surface area contributed by atoms with Crippen molar-refractivity contribution < 1.29 is 76.3 Å². The number of hydrogen-bond acceptors (Lipinski definition) is 16. The Morgan fingerprint density at radius 2 is 0.788 bits per heavy atom. The van der Waals surface area contributed by atoms with E-state index in [2.05, 4.69) is 0 Å². The average Bonchev–Trinajstić information content (AvgIpc) is 3.72. The summed E-state index contributed by atoms with van der Waals surface area (Å²) in [7, 11) is 0. The van der Waals surface area contributed by atoms with Crippen molar-refractivity contribution in [3.05, 3.63) is 264 Å². The van der Waals surface area contributed by atoms with E-state index in [1.165, 1.54) is 13.2 Å². The molecule has 1 N–H and O–H groups in total. The monoisotopic (exact) mass is 1160 g/mol. The molecule has 0 radical (unpaired) electrons. The Hall–Kier alpha value is -7.42. The fraction of sp³-hybridized carbons (Fsp3) is 0.333. The second-order valence-corrected chi connectivity index (χ2v) is 20.9. The van der Waals surface area contributed by atoms with E-state index < -0.39 is 91.7 Å². The quantitative estimate of drug-likeness (QED) is 0.0459. The topological polar surface area (TPSA) is 174 Å². The van der Waals surface area contributed by atoms with Gasteiger partial charge in [-0.25, -0.2) is 4.79 Å². The van der Waals surface area contributed by atoms with Gasteiger partial charge in [-0.15, -0.1) is 0 Å². The number of benzene rings is 7. The molecule has 0 unspecified atom stereocenters. The van der Waals surface area contributed by atoms with Crippen LogP contribution in [0.3, 0.4) is 0 Å². The second kappa shape index (κ2) is 31.6. The number of aliphatic hydroxyl groups is 1. The first kappa shape index (κ1) is 60.7. The molecule has 0 aromatic heterocycles. The van der Waals surface area contributed by atoms with Gasteiger partial charge in [-0.05, 0) is 51.6 Å². The predicted octanol–water partition coefficient (Wildman–Crippen LogP) is 10.0. The van der Waals surface area contributed by atoms with Crippen molar-refractivity contribution in [2.45, 2.75) is 126 Å². The van der Waals surface area contributed by atoms with Crippen LogP contribution in [0, 0.1) is 0 Å². The third-order valence-corrected chi connectivity index (χ3v) is 14.6. The van der Waals surface area contributed by atoms with Crippen LogP contribution in [0.2, 0.25) is 0 Å². The first-order valence-corrected chi connectivity index (χ1v) is 28.7. The van der Waals surface area contributed by atoms with Crippen LogP contribution >= 0.6 is 0 Å². The van der Waals surface area contributed by atoms with Crippen molar-refractivity contribution in [2.75, 3.05) is 19.8 Å². The molecule has 16 nitrogen and oxygen atoms in total. The van der Waals surface area contributed by atoms with Crippen LogP contribution in [-0.2, 0) is 106 Å². The van der Waals surface area contributed by atoms with Crippen molar-refractivity contribution in [3.8, 4) is 0 Å². The van der Waals surface area contributed by atoms with Crippen LogP contribution < -0.4 is 0 Å². The Morgan fingerprint density at radius 3 is 1.24 bits per heavy atom. The second-order valence-electron chi connectivity index (χ2n) is 20.9. The van der Waals surface area contributed by atoms with E-state index in [-0.39, 0.29) is 65.0 Å². The molecule has 10 rings (SSSR count). The number of carbonyl (C=O) groups excluding carboxylic acids is 2. The lowest BCUT2D eigenvalue weighted by molar-refractivity contribution is -0.343. The number of rotatable bonds is 28. The van der Waals surface area contributed by atoms with Crippen LogP contribution in [0.15, 0.2) is 225 Å². The number of hydrogen-bond donors (Lipinski definition) is 1. The summed E-state index contributed by atoms with van der Waals surface area (Å²) in [5.41, 5.74) is 5.69. The SMILES string of the molecule is CC(=O)O[C@H]1[C@@H](OC[C@H]2OC=C[C@@H](OC(=O)c3ccccc3)[C@@H]2O[C@H]2O[C@H](COCc3ccccc3)[C@@H](OCc3ccccc3)[C@H](OCc3ccccc3)[C@H]2O)O[C@H](COCc2ccccc2)[C@@H](OCc2ccccc2)[C@@H]1OCc1ccccc1. The maximum atomic E-state index is 14.0. The van der Waals surface area contributed by atoms with Crippen LogP contribution in [-0.4, -0.2) is 117 Å². The summed E-state index contributed by atoms with van der Waals surface area (Å²) in [4.78, 5) is 27.3. The normalized spacial score (nSPS) is 25.6. The van der Waals surface area contributed by atoms with Crippen LogP contribution in [0.5, 0.6) is 0 Å². The third kappa shape index (κ3) is 17.6. The Labute approximate surface area is 496 Å². The van der Waals surface area contributed by atoms with E-state index in [1.54, 1.807) is 36.4 Å². The minimum absolute atomic E-state index is 0.00249. The molecule has 0 amide bonds. The van der Waals surface area contributed by atoms with Crippen LogP contribution in [0.25, 0.3) is 0 Å². The van der Waals surface area contributed by atoms with Crippen molar-refractivity contribution in [3.63, 3.8) is 0 Å². The number of carbonyl (C=O) groups is 2. The molecular weight excluding hydrogens is 1080 g/mol. The average molecular weight is 1160 g/mol. The molecule has 444 valence electrons. The summed E-state index contributed by atoms with van der Waals surface area (Å²) in [6.45, 7) is 2.09. The molecule has 0 bridgehead atoms. The molecule has 3 aliphatic rings. The van der Waals surface area contributed by atoms with Gasteiger partial charge in [0.05, 0.1) is 71.3 Å². The highest BCUT2D eigenvalue weighted by Crippen LogP contribution is 2.35. The van der Waals surface area contributed by atoms with E-state index in [0.717, 1.165) is 33.4 Å². The van der Waals surface area contributed by atoms with Crippen molar-refractivity contribution >= 4 is 11.9 Å². The zero-order chi connectivity index (χ0) is 58.4. The molecule has 0 saturated carbocycles. The Balaban J connectivity index is 0.962. The molecule has 2 saturated heterocycles. The lowest BCUT2D eigenvalue weighted by Crippen LogP contribution is -2.63.